The topological polar surface area (TPSA) is 26.0 Å². The van der Waals surface area contributed by atoms with Crippen LogP contribution in [0.1, 0.15) is 18.4 Å². The molecule has 0 aliphatic carbocycles. The van der Waals surface area contributed by atoms with Crippen molar-refractivity contribution < 1.29 is 4.42 Å². The van der Waals surface area contributed by atoms with Crippen LogP contribution < -0.4 is 0 Å². The maximum absolute atomic E-state index is 5.21. The zero-order chi connectivity index (χ0) is 9.10. The molecule has 2 nitrogen and oxygen atoms in total. The summed E-state index contributed by atoms with van der Waals surface area (Å²) >= 11 is 0. The first-order valence-electron chi connectivity index (χ1n) is 4.51. The molecule has 13 heavy (non-hydrogen) atoms. The Balaban J connectivity index is 2.26. The number of nitrogens with zero attached hydrogens (tertiary/aromatic N) is 1. The van der Waals surface area contributed by atoms with Gasteiger partial charge in [-0.1, -0.05) is 19.4 Å². The third-order valence-corrected chi connectivity index (χ3v) is 2.11. The van der Waals surface area contributed by atoms with Gasteiger partial charge >= 0.3 is 0 Å². The lowest BCUT2D eigenvalue weighted by molar-refractivity contribution is 0.601. The van der Waals surface area contributed by atoms with Crippen LogP contribution in [0.3, 0.4) is 0 Å². The van der Waals surface area contributed by atoms with Crippen molar-refractivity contribution in [3.63, 3.8) is 0 Å². The first-order chi connectivity index (χ1) is 6.40. The molecule has 2 aromatic rings. The Hall–Kier alpha value is -1.31. The molecule has 0 aliphatic heterocycles. The summed E-state index contributed by atoms with van der Waals surface area (Å²) in [5.74, 6) is 0. The molecule has 1 radical (unpaired) electrons. The summed E-state index contributed by atoms with van der Waals surface area (Å²) in [6.07, 6.45) is 4.66. The number of fused-ring (bicyclic) bond motifs is 1. The molecular weight excluding hydrogens is 162 g/mol. The molecule has 0 N–H and O–H groups in total. The molecule has 2 heteroatoms. The van der Waals surface area contributed by atoms with E-state index >= 15 is 0 Å². The molecule has 0 bridgehead atoms. The normalized spacial score (nSPS) is 10.8. The van der Waals surface area contributed by atoms with E-state index in [9.17, 15) is 0 Å². The average molecular weight is 174 g/mol. The van der Waals surface area contributed by atoms with Crippen LogP contribution >= 0.6 is 0 Å². The predicted molar refractivity (Wildman–Crippen MR) is 52.3 cm³/mol. The molecule has 0 atom stereocenters. The second-order valence-corrected chi connectivity index (χ2v) is 3.11. The van der Waals surface area contributed by atoms with Gasteiger partial charge in [0, 0.05) is 0 Å². The number of hydrogen-bond acceptors (Lipinski definition) is 2. The van der Waals surface area contributed by atoms with E-state index in [-0.39, 0.29) is 0 Å². The number of aryl methyl sites for hydroxylation is 1. The van der Waals surface area contributed by atoms with Gasteiger partial charge in [0.1, 0.15) is 5.52 Å². The highest BCUT2D eigenvalue weighted by Gasteiger charge is 1.99. The largest absolute Gasteiger partial charge is 0.443 e. The van der Waals surface area contributed by atoms with Crippen LogP contribution in [0, 0.1) is 6.92 Å². The molecule has 0 spiro atoms. The molecular formula is C11H12NO. The third-order valence-electron chi connectivity index (χ3n) is 2.11. The first kappa shape index (κ1) is 8.30. The first-order valence-corrected chi connectivity index (χ1v) is 4.51. The molecule has 0 unspecified atom stereocenters. The SMILES string of the molecule is [CH2]CCCc1ccc2ncoc2c1. The second-order valence-electron chi connectivity index (χ2n) is 3.11. The molecule has 0 fully saturated rings. The number of unbranched alkanes of at least 4 members (excludes halogenated alkanes) is 1. The van der Waals surface area contributed by atoms with Crippen LogP contribution in [-0.2, 0) is 6.42 Å². The van der Waals surface area contributed by atoms with Crippen molar-refractivity contribution in [1.29, 1.82) is 0 Å². The second kappa shape index (κ2) is 3.60. The van der Waals surface area contributed by atoms with Crippen LogP contribution in [-0.4, -0.2) is 4.98 Å². The maximum atomic E-state index is 5.21. The molecule has 1 aromatic carbocycles. The zero-order valence-electron chi connectivity index (χ0n) is 7.49. The minimum atomic E-state index is 0.876. The summed E-state index contributed by atoms with van der Waals surface area (Å²) in [5.41, 5.74) is 3.10. The van der Waals surface area contributed by atoms with E-state index < -0.39 is 0 Å². The molecule has 2 rings (SSSR count). The highest BCUT2D eigenvalue weighted by Crippen LogP contribution is 2.15. The van der Waals surface area contributed by atoms with E-state index in [1.807, 2.05) is 6.07 Å². The quantitative estimate of drug-likeness (QED) is 0.715. The van der Waals surface area contributed by atoms with Gasteiger partial charge in [-0.15, -0.1) is 0 Å². The van der Waals surface area contributed by atoms with E-state index in [1.54, 1.807) is 0 Å². The van der Waals surface area contributed by atoms with Gasteiger partial charge in [-0.25, -0.2) is 4.98 Å². The smallest absolute Gasteiger partial charge is 0.181 e. The Morgan fingerprint density at radius 2 is 2.31 bits per heavy atom. The summed E-state index contributed by atoms with van der Waals surface area (Å²) in [4.78, 5) is 4.06. The fraction of sp³-hybridized carbons (Fsp3) is 0.273. The number of hydrogen-bond donors (Lipinski definition) is 0. The molecule has 1 heterocycles. The van der Waals surface area contributed by atoms with Gasteiger partial charge in [0.15, 0.2) is 12.0 Å². The lowest BCUT2D eigenvalue weighted by Gasteiger charge is -1.97. The fourth-order valence-electron chi connectivity index (χ4n) is 1.38. The number of oxazole rings is 1. The Morgan fingerprint density at radius 1 is 1.38 bits per heavy atom. The summed E-state index contributed by atoms with van der Waals surface area (Å²) in [6.45, 7) is 3.82. The fourth-order valence-corrected chi connectivity index (χ4v) is 1.38. The van der Waals surface area contributed by atoms with Crippen LogP contribution in [0.4, 0.5) is 0 Å². The van der Waals surface area contributed by atoms with Crippen molar-refractivity contribution in [2.24, 2.45) is 0 Å². The van der Waals surface area contributed by atoms with E-state index in [1.165, 1.54) is 12.0 Å². The number of aromatic nitrogens is 1. The monoisotopic (exact) mass is 174 g/mol. The minimum absolute atomic E-state index is 0.876. The summed E-state index contributed by atoms with van der Waals surface area (Å²) in [7, 11) is 0. The van der Waals surface area contributed by atoms with Crippen molar-refractivity contribution in [2.75, 3.05) is 0 Å². The lowest BCUT2D eigenvalue weighted by Crippen LogP contribution is -1.83. The molecule has 0 saturated heterocycles. The van der Waals surface area contributed by atoms with Crippen LogP contribution in [0.25, 0.3) is 11.1 Å². The van der Waals surface area contributed by atoms with E-state index in [0.29, 0.717) is 0 Å². The van der Waals surface area contributed by atoms with Gasteiger partial charge in [-0.3, -0.25) is 0 Å². The lowest BCUT2D eigenvalue weighted by atomic mass is 10.1. The number of rotatable bonds is 3. The number of benzene rings is 1. The van der Waals surface area contributed by atoms with Gasteiger partial charge in [-0.05, 0) is 30.5 Å². The van der Waals surface area contributed by atoms with Gasteiger partial charge in [0.2, 0.25) is 0 Å². The van der Waals surface area contributed by atoms with Crippen molar-refractivity contribution in [3.8, 4) is 0 Å². The molecule has 67 valence electrons. The molecule has 0 amide bonds. The Bertz CT molecular complexity index is 392. The van der Waals surface area contributed by atoms with Gasteiger partial charge in [0.25, 0.3) is 0 Å². The predicted octanol–water partition coefficient (Wildman–Crippen LogP) is 2.98. The van der Waals surface area contributed by atoms with Crippen LogP contribution in [0.2, 0.25) is 0 Å². The Kier molecular flexibility index (Phi) is 2.30. The molecule has 0 saturated carbocycles. The Morgan fingerprint density at radius 3 is 3.15 bits per heavy atom. The maximum Gasteiger partial charge on any atom is 0.181 e. The van der Waals surface area contributed by atoms with Crippen LogP contribution in [0.5, 0.6) is 0 Å². The zero-order valence-corrected chi connectivity index (χ0v) is 7.49. The highest BCUT2D eigenvalue weighted by molar-refractivity contribution is 5.72. The standard InChI is InChI=1S/C11H12NO/c1-2-3-4-9-5-6-10-11(7-9)13-8-12-10/h5-8H,1-4H2. The van der Waals surface area contributed by atoms with E-state index in [0.717, 1.165) is 30.4 Å². The van der Waals surface area contributed by atoms with Crippen molar-refractivity contribution in [2.45, 2.75) is 19.3 Å². The molecule has 0 aliphatic rings. The van der Waals surface area contributed by atoms with Crippen molar-refractivity contribution in [1.82, 2.24) is 4.98 Å². The van der Waals surface area contributed by atoms with E-state index in [4.69, 9.17) is 4.42 Å². The summed E-state index contributed by atoms with van der Waals surface area (Å²) < 4.78 is 5.21. The Labute approximate surface area is 77.6 Å². The van der Waals surface area contributed by atoms with E-state index in [2.05, 4.69) is 24.0 Å². The summed E-state index contributed by atoms with van der Waals surface area (Å²) in [5, 5.41) is 0. The van der Waals surface area contributed by atoms with Crippen LogP contribution in [0.15, 0.2) is 29.0 Å². The highest BCUT2D eigenvalue weighted by atomic mass is 16.3. The average Bonchev–Trinajstić information content (AvgIpc) is 2.61. The van der Waals surface area contributed by atoms with Crippen molar-refractivity contribution >= 4 is 11.1 Å². The van der Waals surface area contributed by atoms with Gasteiger partial charge in [-0.2, -0.15) is 0 Å². The van der Waals surface area contributed by atoms with Gasteiger partial charge in [0.05, 0.1) is 0 Å². The van der Waals surface area contributed by atoms with Gasteiger partial charge < -0.3 is 4.42 Å². The minimum Gasteiger partial charge on any atom is -0.443 e. The third kappa shape index (κ3) is 1.72. The molecule has 1 aromatic heterocycles. The van der Waals surface area contributed by atoms with Crippen molar-refractivity contribution in [3.05, 3.63) is 37.1 Å². The summed E-state index contributed by atoms with van der Waals surface area (Å²) in [6, 6.07) is 6.15.